The molecule has 4 nitrogen and oxygen atoms in total. The molecule has 1 rings (SSSR count). The smallest absolute Gasteiger partial charge is 0.190 e. The van der Waals surface area contributed by atoms with Gasteiger partial charge in [0.1, 0.15) is 0 Å². The molecule has 1 aliphatic heterocycles. The van der Waals surface area contributed by atoms with Crippen LogP contribution in [-0.4, -0.2) is 40.1 Å². The van der Waals surface area contributed by atoms with Gasteiger partial charge in [0.25, 0.3) is 0 Å². The molecule has 0 spiro atoms. The van der Waals surface area contributed by atoms with E-state index >= 15 is 0 Å². The Balaban J connectivity index is 2.49. The lowest BCUT2D eigenvalue weighted by molar-refractivity contribution is -0.112. The summed E-state index contributed by atoms with van der Waals surface area (Å²) >= 11 is 0. The number of hydrogen-bond acceptors (Lipinski definition) is 4. The number of aliphatic hydroxyl groups is 2. The van der Waals surface area contributed by atoms with Crippen LogP contribution in [0.15, 0.2) is 12.0 Å². The lowest BCUT2D eigenvalue weighted by Gasteiger charge is -2.30. The van der Waals surface area contributed by atoms with Crippen LogP contribution in [0.2, 0.25) is 0 Å². The largest absolute Gasteiger partial charge is 0.495 e. The Labute approximate surface area is 77.5 Å². The van der Waals surface area contributed by atoms with Crippen LogP contribution in [0, 0.1) is 0 Å². The normalized spacial score (nSPS) is 20.5. The molecule has 2 N–H and O–H groups in total. The van der Waals surface area contributed by atoms with Gasteiger partial charge in [0.2, 0.25) is 0 Å². The van der Waals surface area contributed by atoms with Gasteiger partial charge < -0.3 is 15.1 Å². The number of ketones is 1. The highest BCUT2D eigenvalue weighted by Crippen LogP contribution is 2.13. The zero-order valence-corrected chi connectivity index (χ0v) is 7.73. The van der Waals surface area contributed by atoms with E-state index in [0.717, 1.165) is 0 Å². The minimum atomic E-state index is -0.263. The summed E-state index contributed by atoms with van der Waals surface area (Å²) in [7, 11) is 0. The maximum absolute atomic E-state index is 10.6. The summed E-state index contributed by atoms with van der Waals surface area (Å²) in [5, 5.41) is 18.6. The molecular formula is C9H15NO3. The van der Waals surface area contributed by atoms with Gasteiger partial charge in [-0.1, -0.05) is 0 Å². The first kappa shape index (κ1) is 10.1. The van der Waals surface area contributed by atoms with Crippen LogP contribution in [0.5, 0.6) is 0 Å². The highest BCUT2D eigenvalue weighted by molar-refractivity contribution is 5.87. The molecule has 0 unspecified atom stereocenters. The van der Waals surface area contributed by atoms with Crippen LogP contribution in [-0.2, 0) is 4.79 Å². The number of nitrogens with zero attached hydrogens (tertiary/aromatic N) is 1. The monoisotopic (exact) mass is 185 g/mol. The van der Waals surface area contributed by atoms with E-state index in [9.17, 15) is 15.0 Å². The van der Waals surface area contributed by atoms with Gasteiger partial charge in [0, 0.05) is 19.2 Å². The Hall–Kier alpha value is -1.03. The molecule has 1 heterocycles. The number of piperidine rings is 1. The van der Waals surface area contributed by atoms with Gasteiger partial charge in [-0.2, -0.15) is 0 Å². The molecule has 0 radical (unpaired) electrons. The Bertz CT molecular complexity index is 217. The van der Waals surface area contributed by atoms with Crippen LogP contribution in [0.25, 0.3) is 0 Å². The van der Waals surface area contributed by atoms with Crippen molar-refractivity contribution in [2.45, 2.75) is 25.9 Å². The summed E-state index contributed by atoms with van der Waals surface area (Å²) in [4.78, 5) is 12.4. The Morgan fingerprint density at radius 3 is 2.46 bits per heavy atom. The van der Waals surface area contributed by atoms with Crippen LogP contribution >= 0.6 is 0 Å². The number of likely N-dealkylation sites (tertiary alicyclic amines) is 1. The van der Waals surface area contributed by atoms with Crippen LogP contribution in [0.4, 0.5) is 0 Å². The van der Waals surface area contributed by atoms with E-state index in [0.29, 0.717) is 25.9 Å². The number of aliphatic hydroxyl groups excluding tert-OH is 2. The van der Waals surface area contributed by atoms with Gasteiger partial charge in [-0.05, 0) is 19.8 Å². The molecule has 0 aliphatic carbocycles. The van der Waals surface area contributed by atoms with E-state index in [1.54, 1.807) is 4.90 Å². The van der Waals surface area contributed by atoms with Crippen molar-refractivity contribution in [1.29, 1.82) is 0 Å². The molecule has 0 atom stereocenters. The Morgan fingerprint density at radius 2 is 2.00 bits per heavy atom. The molecular weight excluding hydrogens is 170 g/mol. The summed E-state index contributed by atoms with van der Waals surface area (Å²) in [6.45, 7) is 2.61. The van der Waals surface area contributed by atoms with Crippen LogP contribution in [0.3, 0.4) is 0 Å². The van der Waals surface area contributed by atoms with Crippen molar-refractivity contribution in [2.24, 2.45) is 0 Å². The number of rotatable bonds is 2. The first-order valence-electron chi connectivity index (χ1n) is 4.44. The third-order valence-electron chi connectivity index (χ3n) is 2.12. The van der Waals surface area contributed by atoms with E-state index in [2.05, 4.69) is 0 Å². The SMILES string of the molecule is CC(=O)/C=C(\O)N1CCC(O)CC1. The lowest BCUT2D eigenvalue weighted by atomic mass is 10.1. The van der Waals surface area contributed by atoms with E-state index in [1.807, 2.05) is 0 Å². The predicted molar refractivity (Wildman–Crippen MR) is 48.2 cm³/mol. The van der Waals surface area contributed by atoms with Crippen molar-refractivity contribution >= 4 is 5.78 Å². The summed E-state index contributed by atoms with van der Waals surface area (Å²) in [6.07, 6.45) is 2.24. The molecule has 0 bridgehead atoms. The van der Waals surface area contributed by atoms with Crippen molar-refractivity contribution in [3.63, 3.8) is 0 Å². The number of hydrogen-bond donors (Lipinski definition) is 2. The van der Waals surface area contributed by atoms with Crippen molar-refractivity contribution in [1.82, 2.24) is 4.90 Å². The third-order valence-corrected chi connectivity index (χ3v) is 2.12. The third kappa shape index (κ3) is 3.06. The van der Waals surface area contributed by atoms with Gasteiger partial charge >= 0.3 is 0 Å². The molecule has 0 aromatic carbocycles. The molecule has 1 aliphatic rings. The second kappa shape index (κ2) is 4.28. The molecule has 1 saturated heterocycles. The Kier molecular flexibility index (Phi) is 3.31. The van der Waals surface area contributed by atoms with E-state index in [1.165, 1.54) is 13.0 Å². The summed E-state index contributed by atoms with van der Waals surface area (Å²) in [5.74, 6) is -0.150. The zero-order valence-electron chi connectivity index (χ0n) is 7.73. The second-order valence-corrected chi connectivity index (χ2v) is 3.33. The van der Waals surface area contributed by atoms with Crippen molar-refractivity contribution in [3.05, 3.63) is 12.0 Å². The van der Waals surface area contributed by atoms with Crippen LogP contribution < -0.4 is 0 Å². The molecule has 13 heavy (non-hydrogen) atoms. The minimum absolute atomic E-state index is 0.0133. The standard InChI is InChI=1S/C9H15NO3/c1-7(11)6-9(13)10-4-2-8(12)3-5-10/h6,8,12-13H,2-5H2,1H3/b9-6-. The van der Waals surface area contributed by atoms with E-state index in [4.69, 9.17) is 0 Å². The molecule has 0 amide bonds. The van der Waals surface area contributed by atoms with Gasteiger partial charge in [-0.15, -0.1) is 0 Å². The van der Waals surface area contributed by atoms with Crippen molar-refractivity contribution in [2.75, 3.05) is 13.1 Å². The number of allylic oxidation sites excluding steroid dienone is 1. The topological polar surface area (TPSA) is 60.8 Å². The quantitative estimate of drug-likeness (QED) is 0.484. The maximum atomic E-state index is 10.6. The molecule has 1 fully saturated rings. The zero-order chi connectivity index (χ0) is 9.84. The number of carbonyl (C=O) groups excluding carboxylic acids is 1. The highest BCUT2D eigenvalue weighted by Gasteiger charge is 2.18. The Morgan fingerprint density at radius 1 is 1.46 bits per heavy atom. The average molecular weight is 185 g/mol. The first-order valence-corrected chi connectivity index (χ1v) is 4.44. The summed E-state index contributed by atoms with van der Waals surface area (Å²) < 4.78 is 0. The molecule has 0 saturated carbocycles. The van der Waals surface area contributed by atoms with Crippen molar-refractivity contribution < 1.29 is 15.0 Å². The second-order valence-electron chi connectivity index (χ2n) is 3.33. The fourth-order valence-corrected chi connectivity index (χ4v) is 1.37. The summed E-state index contributed by atoms with van der Waals surface area (Å²) in [6, 6.07) is 0. The van der Waals surface area contributed by atoms with Gasteiger partial charge in [0.05, 0.1) is 6.10 Å². The van der Waals surface area contributed by atoms with Gasteiger partial charge in [0.15, 0.2) is 11.7 Å². The van der Waals surface area contributed by atoms with Crippen LogP contribution in [0.1, 0.15) is 19.8 Å². The molecule has 74 valence electrons. The molecule has 4 heteroatoms. The predicted octanol–water partition coefficient (Wildman–Crippen LogP) is 0.432. The molecule has 0 aromatic heterocycles. The van der Waals surface area contributed by atoms with Gasteiger partial charge in [-0.25, -0.2) is 0 Å². The lowest BCUT2D eigenvalue weighted by Crippen LogP contribution is -2.35. The molecule has 0 aromatic rings. The number of carbonyl (C=O) groups is 1. The first-order chi connectivity index (χ1) is 6.09. The fourth-order valence-electron chi connectivity index (χ4n) is 1.37. The summed E-state index contributed by atoms with van der Waals surface area (Å²) in [5.41, 5.74) is 0. The van der Waals surface area contributed by atoms with Gasteiger partial charge in [-0.3, -0.25) is 4.79 Å². The maximum Gasteiger partial charge on any atom is 0.190 e. The fraction of sp³-hybridized carbons (Fsp3) is 0.667. The average Bonchev–Trinajstić information content (AvgIpc) is 2.04. The minimum Gasteiger partial charge on any atom is -0.495 e. The highest BCUT2D eigenvalue weighted by atomic mass is 16.3. The van der Waals surface area contributed by atoms with E-state index < -0.39 is 0 Å². The van der Waals surface area contributed by atoms with Crippen molar-refractivity contribution in [3.8, 4) is 0 Å². The van der Waals surface area contributed by atoms with E-state index in [-0.39, 0.29) is 17.8 Å².